The molecule has 0 heterocycles. The van der Waals surface area contributed by atoms with Crippen molar-refractivity contribution in [3.05, 3.63) is 23.8 Å². The lowest BCUT2D eigenvalue weighted by Crippen LogP contribution is -2.42. The van der Waals surface area contributed by atoms with Crippen LogP contribution in [0.3, 0.4) is 0 Å². The number of carbonyl (C=O) groups excluding carboxylic acids is 2. The fourth-order valence-electron chi connectivity index (χ4n) is 1.74. The number of nitrogens with one attached hydrogen (secondary N) is 1. The van der Waals surface area contributed by atoms with Crippen molar-refractivity contribution < 1.29 is 23.8 Å². The van der Waals surface area contributed by atoms with Gasteiger partial charge in [0.05, 0.1) is 19.3 Å². The van der Waals surface area contributed by atoms with Crippen LogP contribution in [0.5, 0.6) is 11.5 Å². The standard InChI is InChI=1S/C16H23NO5/c1-6-21-13-9-11(7-8-12(13)20-5)15(19)22-10-14(18)17-16(2,3)4/h7-9H,6,10H2,1-5H3,(H,17,18). The predicted octanol–water partition coefficient (Wildman–Crippen LogP) is 2.17. The summed E-state index contributed by atoms with van der Waals surface area (Å²) in [6.45, 7) is 7.51. The second-order valence-electron chi connectivity index (χ2n) is 5.67. The molecule has 0 aromatic heterocycles. The van der Waals surface area contributed by atoms with Crippen LogP contribution in [0.25, 0.3) is 0 Å². The van der Waals surface area contributed by atoms with Crippen LogP contribution in [0.1, 0.15) is 38.1 Å². The zero-order valence-corrected chi connectivity index (χ0v) is 13.7. The van der Waals surface area contributed by atoms with Crippen molar-refractivity contribution in [2.24, 2.45) is 0 Å². The molecule has 0 fully saturated rings. The molecule has 22 heavy (non-hydrogen) atoms. The van der Waals surface area contributed by atoms with E-state index in [0.29, 0.717) is 23.7 Å². The van der Waals surface area contributed by atoms with Crippen LogP contribution in [0.15, 0.2) is 18.2 Å². The molecule has 0 radical (unpaired) electrons. The maximum atomic E-state index is 12.0. The van der Waals surface area contributed by atoms with Gasteiger partial charge in [-0.15, -0.1) is 0 Å². The first-order valence-electron chi connectivity index (χ1n) is 7.05. The molecule has 0 bridgehead atoms. The van der Waals surface area contributed by atoms with Crippen LogP contribution in [0.2, 0.25) is 0 Å². The third kappa shape index (κ3) is 5.63. The quantitative estimate of drug-likeness (QED) is 0.815. The Bertz CT molecular complexity index is 534. The monoisotopic (exact) mass is 309 g/mol. The largest absolute Gasteiger partial charge is 0.493 e. The molecule has 122 valence electrons. The summed E-state index contributed by atoms with van der Waals surface area (Å²) in [5.41, 5.74) is -0.0704. The fraction of sp³-hybridized carbons (Fsp3) is 0.500. The predicted molar refractivity (Wildman–Crippen MR) is 82.3 cm³/mol. The van der Waals surface area contributed by atoms with Gasteiger partial charge in [-0.05, 0) is 45.9 Å². The molecule has 1 amide bonds. The lowest BCUT2D eigenvalue weighted by molar-refractivity contribution is -0.125. The summed E-state index contributed by atoms with van der Waals surface area (Å²) >= 11 is 0. The van der Waals surface area contributed by atoms with E-state index in [1.807, 2.05) is 27.7 Å². The minimum Gasteiger partial charge on any atom is -0.493 e. The molecular formula is C16H23NO5. The maximum absolute atomic E-state index is 12.0. The van der Waals surface area contributed by atoms with Gasteiger partial charge in [0, 0.05) is 5.54 Å². The highest BCUT2D eigenvalue weighted by atomic mass is 16.5. The second-order valence-corrected chi connectivity index (χ2v) is 5.67. The summed E-state index contributed by atoms with van der Waals surface area (Å²) in [6, 6.07) is 4.72. The molecule has 0 unspecified atom stereocenters. The number of rotatable bonds is 6. The number of benzene rings is 1. The highest BCUT2D eigenvalue weighted by molar-refractivity contribution is 5.92. The summed E-state index contributed by atoms with van der Waals surface area (Å²) in [5, 5.41) is 2.72. The van der Waals surface area contributed by atoms with Gasteiger partial charge in [-0.1, -0.05) is 0 Å². The van der Waals surface area contributed by atoms with E-state index in [2.05, 4.69) is 5.32 Å². The van der Waals surface area contributed by atoms with Gasteiger partial charge in [-0.25, -0.2) is 4.79 Å². The average molecular weight is 309 g/mol. The van der Waals surface area contributed by atoms with Gasteiger partial charge in [0.25, 0.3) is 5.91 Å². The molecule has 1 aromatic rings. The molecule has 0 saturated carbocycles. The van der Waals surface area contributed by atoms with Gasteiger partial charge in [0.2, 0.25) is 0 Å². The van der Waals surface area contributed by atoms with E-state index in [9.17, 15) is 9.59 Å². The van der Waals surface area contributed by atoms with E-state index in [0.717, 1.165) is 0 Å². The van der Waals surface area contributed by atoms with Crippen LogP contribution < -0.4 is 14.8 Å². The third-order valence-electron chi connectivity index (χ3n) is 2.55. The zero-order valence-electron chi connectivity index (χ0n) is 13.7. The molecule has 0 atom stereocenters. The van der Waals surface area contributed by atoms with Gasteiger partial charge >= 0.3 is 5.97 Å². The number of hydrogen-bond acceptors (Lipinski definition) is 5. The Morgan fingerprint density at radius 1 is 1.18 bits per heavy atom. The number of methoxy groups -OCH3 is 1. The summed E-state index contributed by atoms with van der Waals surface area (Å²) in [5.74, 6) is 0.0505. The minimum absolute atomic E-state index is 0.299. The summed E-state index contributed by atoms with van der Waals surface area (Å²) in [7, 11) is 1.52. The van der Waals surface area contributed by atoms with Crippen molar-refractivity contribution in [1.82, 2.24) is 5.32 Å². The van der Waals surface area contributed by atoms with Crippen molar-refractivity contribution >= 4 is 11.9 Å². The molecule has 1 N–H and O–H groups in total. The SMILES string of the molecule is CCOc1cc(C(=O)OCC(=O)NC(C)(C)C)ccc1OC. The van der Waals surface area contributed by atoms with E-state index in [-0.39, 0.29) is 18.1 Å². The van der Waals surface area contributed by atoms with E-state index >= 15 is 0 Å². The zero-order chi connectivity index (χ0) is 16.8. The smallest absolute Gasteiger partial charge is 0.338 e. The molecule has 1 aromatic carbocycles. The highest BCUT2D eigenvalue weighted by Gasteiger charge is 2.17. The van der Waals surface area contributed by atoms with E-state index in [1.54, 1.807) is 12.1 Å². The molecular weight excluding hydrogens is 286 g/mol. The van der Waals surface area contributed by atoms with Crippen molar-refractivity contribution in [3.63, 3.8) is 0 Å². The Morgan fingerprint density at radius 3 is 2.41 bits per heavy atom. The number of carbonyl (C=O) groups is 2. The molecule has 6 heteroatoms. The van der Waals surface area contributed by atoms with Crippen LogP contribution >= 0.6 is 0 Å². The molecule has 0 saturated heterocycles. The number of ether oxygens (including phenoxy) is 3. The Kier molecular flexibility index (Phi) is 6.22. The van der Waals surface area contributed by atoms with Crippen molar-refractivity contribution in [1.29, 1.82) is 0 Å². The van der Waals surface area contributed by atoms with Crippen LogP contribution in [-0.4, -0.2) is 37.7 Å². The Hall–Kier alpha value is -2.24. The van der Waals surface area contributed by atoms with Gasteiger partial charge in [0.1, 0.15) is 0 Å². The molecule has 0 aliphatic heterocycles. The fourth-order valence-corrected chi connectivity index (χ4v) is 1.74. The minimum atomic E-state index is -0.590. The summed E-state index contributed by atoms with van der Waals surface area (Å²) < 4.78 is 15.5. The number of esters is 1. The molecule has 1 rings (SSSR count). The van der Waals surface area contributed by atoms with Gasteiger partial charge in [-0.3, -0.25) is 4.79 Å². The van der Waals surface area contributed by atoms with Gasteiger partial charge in [0.15, 0.2) is 18.1 Å². The second kappa shape index (κ2) is 7.68. The first-order valence-corrected chi connectivity index (χ1v) is 7.05. The van der Waals surface area contributed by atoms with Crippen molar-refractivity contribution in [2.75, 3.05) is 20.3 Å². The Labute approximate surface area is 130 Å². The molecule has 0 aliphatic carbocycles. The van der Waals surface area contributed by atoms with Crippen LogP contribution in [0.4, 0.5) is 0 Å². The van der Waals surface area contributed by atoms with E-state index < -0.39 is 5.97 Å². The normalized spacial score (nSPS) is 10.8. The van der Waals surface area contributed by atoms with Crippen molar-refractivity contribution in [2.45, 2.75) is 33.2 Å². The third-order valence-corrected chi connectivity index (χ3v) is 2.55. The maximum Gasteiger partial charge on any atom is 0.338 e. The van der Waals surface area contributed by atoms with E-state index in [4.69, 9.17) is 14.2 Å². The number of hydrogen-bond donors (Lipinski definition) is 1. The molecule has 0 aliphatic rings. The molecule has 6 nitrogen and oxygen atoms in total. The topological polar surface area (TPSA) is 73.9 Å². The first-order chi connectivity index (χ1) is 10.3. The van der Waals surface area contributed by atoms with Gasteiger partial charge in [-0.2, -0.15) is 0 Å². The van der Waals surface area contributed by atoms with Crippen molar-refractivity contribution in [3.8, 4) is 11.5 Å². The first kappa shape index (κ1) is 17.8. The highest BCUT2D eigenvalue weighted by Crippen LogP contribution is 2.28. The van der Waals surface area contributed by atoms with Crippen LogP contribution in [-0.2, 0) is 9.53 Å². The lowest BCUT2D eigenvalue weighted by Gasteiger charge is -2.20. The number of amides is 1. The lowest BCUT2D eigenvalue weighted by atomic mass is 10.1. The molecule has 0 spiro atoms. The Balaban J connectivity index is 2.69. The Morgan fingerprint density at radius 2 is 1.86 bits per heavy atom. The average Bonchev–Trinajstić information content (AvgIpc) is 2.43. The summed E-state index contributed by atoms with van der Waals surface area (Å²) in [4.78, 5) is 23.6. The summed E-state index contributed by atoms with van der Waals surface area (Å²) in [6.07, 6.45) is 0. The van der Waals surface area contributed by atoms with E-state index in [1.165, 1.54) is 13.2 Å². The van der Waals surface area contributed by atoms with Gasteiger partial charge < -0.3 is 19.5 Å². The van der Waals surface area contributed by atoms with Crippen LogP contribution in [0, 0.1) is 0 Å².